The molecule has 4 atom stereocenters. The van der Waals surface area contributed by atoms with Crippen molar-refractivity contribution in [2.75, 3.05) is 56.5 Å². The zero-order valence-electron chi connectivity index (χ0n) is 20.8. The molecule has 2 N–H and O–H groups in total. The van der Waals surface area contributed by atoms with E-state index in [1.807, 2.05) is 0 Å². The number of anilines is 2. The first-order valence-electron chi connectivity index (χ1n) is 12.6. The Morgan fingerprint density at radius 1 is 1.03 bits per heavy atom. The largest absolute Gasteiger partial charge is 0.369 e. The van der Waals surface area contributed by atoms with E-state index in [1.165, 1.54) is 18.7 Å². The van der Waals surface area contributed by atoms with Crippen LogP contribution in [0.1, 0.15) is 47.0 Å². The van der Waals surface area contributed by atoms with Crippen LogP contribution >= 0.6 is 0 Å². The number of benzene rings is 1. The summed E-state index contributed by atoms with van der Waals surface area (Å²) in [7, 11) is 2.26. The van der Waals surface area contributed by atoms with E-state index < -0.39 is 0 Å². The molecule has 2 fully saturated rings. The average Bonchev–Trinajstić information content (AvgIpc) is 3.15. The summed E-state index contributed by atoms with van der Waals surface area (Å²) in [5.74, 6) is 0.750. The third-order valence-electron chi connectivity index (χ3n) is 7.77. The van der Waals surface area contributed by atoms with Crippen LogP contribution in [0.25, 0.3) is 0 Å². The van der Waals surface area contributed by atoms with Gasteiger partial charge in [-0.3, -0.25) is 15.2 Å². The minimum atomic E-state index is 0.144. The Kier molecular flexibility index (Phi) is 7.43. The van der Waals surface area contributed by atoms with Crippen molar-refractivity contribution in [3.63, 3.8) is 0 Å². The summed E-state index contributed by atoms with van der Waals surface area (Å²) >= 11 is 0. The number of nitrogens with one attached hydrogen (secondary N) is 2. The van der Waals surface area contributed by atoms with Crippen molar-refractivity contribution in [2.24, 2.45) is 16.3 Å². The van der Waals surface area contributed by atoms with Crippen molar-refractivity contribution in [3.05, 3.63) is 24.3 Å². The number of piperazine rings is 1. The van der Waals surface area contributed by atoms with Gasteiger partial charge in [-0.25, -0.2) is 0 Å². The maximum atomic E-state index is 4.75. The Morgan fingerprint density at radius 2 is 1.75 bits per heavy atom. The van der Waals surface area contributed by atoms with Crippen molar-refractivity contribution in [1.29, 1.82) is 0 Å². The number of likely N-dealkylation sites (N-methyl/N-ethyl adjacent to an activating group) is 1. The summed E-state index contributed by atoms with van der Waals surface area (Å²) in [6.07, 6.45) is 6.01. The lowest BCUT2D eigenvalue weighted by atomic mass is 9.80. The van der Waals surface area contributed by atoms with E-state index in [2.05, 4.69) is 90.6 Å². The SMILES string of the molecule is CCN1CCN(c2ccc(NC3CC(NC4CC(C(C)(C)C)CN4C)CC=N3)cc2)CC1. The summed E-state index contributed by atoms with van der Waals surface area (Å²) in [6.45, 7) is 16.3. The van der Waals surface area contributed by atoms with Crippen LogP contribution in [-0.2, 0) is 0 Å². The first-order valence-corrected chi connectivity index (χ1v) is 12.6. The number of likely N-dealkylation sites (tertiary alicyclic amines) is 1. The summed E-state index contributed by atoms with van der Waals surface area (Å²) < 4.78 is 0. The number of nitrogens with zero attached hydrogens (tertiary/aromatic N) is 4. The molecule has 2 saturated heterocycles. The van der Waals surface area contributed by atoms with E-state index in [1.54, 1.807) is 0 Å². The average molecular weight is 441 g/mol. The normalized spacial score (nSPS) is 30.1. The van der Waals surface area contributed by atoms with Crippen molar-refractivity contribution < 1.29 is 0 Å². The van der Waals surface area contributed by atoms with Gasteiger partial charge in [0.05, 0.1) is 6.17 Å². The molecule has 32 heavy (non-hydrogen) atoms. The van der Waals surface area contributed by atoms with Gasteiger partial charge in [-0.05, 0) is 62.0 Å². The summed E-state index contributed by atoms with van der Waals surface area (Å²) in [4.78, 5) is 12.3. The summed E-state index contributed by atoms with van der Waals surface area (Å²) in [5, 5.41) is 7.58. The molecule has 0 saturated carbocycles. The zero-order chi connectivity index (χ0) is 22.7. The van der Waals surface area contributed by atoms with Gasteiger partial charge in [0.1, 0.15) is 6.17 Å². The van der Waals surface area contributed by atoms with Gasteiger partial charge in [-0.2, -0.15) is 0 Å². The minimum Gasteiger partial charge on any atom is -0.369 e. The molecule has 1 aromatic carbocycles. The lowest BCUT2D eigenvalue weighted by Gasteiger charge is -2.35. The van der Waals surface area contributed by atoms with Crippen LogP contribution in [-0.4, -0.2) is 80.7 Å². The number of hydrogen-bond donors (Lipinski definition) is 2. The number of aliphatic imine (C=N–C) groups is 1. The molecule has 6 heteroatoms. The molecule has 1 aromatic rings. The molecule has 4 rings (SSSR count). The minimum absolute atomic E-state index is 0.144. The third kappa shape index (κ3) is 5.83. The van der Waals surface area contributed by atoms with E-state index in [0.29, 0.717) is 17.6 Å². The van der Waals surface area contributed by atoms with Gasteiger partial charge in [0.25, 0.3) is 0 Å². The summed E-state index contributed by atoms with van der Waals surface area (Å²) in [5.41, 5.74) is 2.86. The molecule has 3 aliphatic heterocycles. The van der Waals surface area contributed by atoms with Crippen LogP contribution < -0.4 is 15.5 Å². The number of hydrogen-bond acceptors (Lipinski definition) is 6. The molecule has 4 unspecified atom stereocenters. The van der Waals surface area contributed by atoms with Crippen molar-refractivity contribution >= 4 is 17.6 Å². The molecule has 3 aliphatic rings. The second-order valence-electron chi connectivity index (χ2n) is 11.0. The van der Waals surface area contributed by atoms with Crippen LogP contribution in [0.2, 0.25) is 0 Å². The Labute approximate surface area is 195 Å². The fraction of sp³-hybridized carbons (Fsp3) is 0.731. The van der Waals surface area contributed by atoms with E-state index in [4.69, 9.17) is 4.99 Å². The lowest BCUT2D eigenvalue weighted by molar-refractivity contribution is 0.228. The molecule has 0 aliphatic carbocycles. The highest BCUT2D eigenvalue weighted by atomic mass is 15.3. The highest BCUT2D eigenvalue weighted by Crippen LogP contribution is 2.35. The fourth-order valence-corrected chi connectivity index (χ4v) is 5.35. The van der Waals surface area contributed by atoms with Gasteiger partial charge < -0.3 is 15.1 Å². The Hall–Kier alpha value is -1.63. The first kappa shape index (κ1) is 23.5. The highest BCUT2D eigenvalue weighted by molar-refractivity contribution is 5.61. The zero-order valence-corrected chi connectivity index (χ0v) is 20.8. The molecule has 0 amide bonds. The van der Waals surface area contributed by atoms with Gasteiger partial charge in [0.2, 0.25) is 0 Å². The van der Waals surface area contributed by atoms with Crippen LogP contribution in [0.4, 0.5) is 11.4 Å². The van der Waals surface area contributed by atoms with Gasteiger partial charge in [-0.15, -0.1) is 0 Å². The van der Waals surface area contributed by atoms with E-state index in [0.717, 1.165) is 57.2 Å². The maximum Gasteiger partial charge on any atom is 0.119 e. The van der Waals surface area contributed by atoms with E-state index in [9.17, 15) is 0 Å². The second kappa shape index (κ2) is 10.1. The van der Waals surface area contributed by atoms with Crippen molar-refractivity contribution in [3.8, 4) is 0 Å². The third-order valence-corrected chi connectivity index (χ3v) is 7.77. The number of rotatable bonds is 6. The van der Waals surface area contributed by atoms with Crippen molar-refractivity contribution in [2.45, 2.75) is 65.3 Å². The van der Waals surface area contributed by atoms with Gasteiger partial charge in [0.15, 0.2) is 0 Å². The lowest BCUT2D eigenvalue weighted by Crippen LogP contribution is -2.47. The fourth-order valence-electron chi connectivity index (χ4n) is 5.35. The molecule has 178 valence electrons. The Morgan fingerprint density at radius 3 is 2.38 bits per heavy atom. The molecule has 0 aromatic heterocycles. The highest BCUT2D eigenvalue weighted by Gasteiger charge is 2.37. The van der Waals surface area contributed by atoms with Crippen LogP contribution in [0, 0.1) is 11.3 Å². The predicted molar refractivity (Wildman–Crippen MR) is 137 cm³/mol. The van der Waals surface area contributed by atoms with Crippen molar-refractivity contribution in [1.82, 2.24) is 15.1 Å². The van der Waals surface area contributed by atoms with Crippen LogP contribution in [0.5, 0.6) is 0 Å². The monoisotopic (exact) mass is 440 g/mol. The van der Waals surface area contributed by atoms with E-state index >= 15 is 0 Å². The topological polar surface area (TPSA) is 46.1 Å². The quantitative estimate of drug-likeness (QED) is 0.706. The summed E-state index contributed by atoms with van der Waals surface area (Å²) in [6, 6.07) is 9.42. The van der Waals surface area contributed by atoms with Gasteiger partial charge in [0, 0.05) is 62.8 Å². The standard InChI is InChI=1S/C26H44N6/c1-6-31-13-15-32(16-14-31)23-9-7-21(8-10-23)28-24-18-22(11-12-27-24)29-25-17-20(19-30(25)5)26(2,3)4/h7-10,12,20,22,24-25,28-29H,6,11,13-19H2,1-5H3. The molecule has 6 nitrogen and oxygen atoms in total. The molecular weight excluding hydrogens is 396 g/mol. The van der Waals surface area contributed by atoms with Gasteiger partial charge >= 0.3 is 0 Å². The maximum absolute atomic E-state index is 4.75. The first-order chi connectivity index (χ1) is 15.3. The second-order valence-corrected chi connectivity index (χ2v) is 11.0. The predicted octanol–water partition coefficient (Wildman–Crippen LogP) is 3.71. The van der Waals surface area contributed by atoms with Crippen LogP contribution in [0.3, 0.4) is 0 Å². The van der Waals surface area contributed by atoms with Crippen LogP contribution in [0.15, 0.2) is 29.3 Å². The molecule has 0 spiro atoms. The molecule has 3 heterocycles. The molecule has 0 bridgehead atoms. The molecular formula is C26H44N6. The molecule has 0 radical (unpaired) electrons. The van der Waals surface area contributed by atoms with Gasteiger partial charge in [-0.1, -0.05) is 27.7 Å². The Balaban J connectivity index is 1.27. The Bertz CT molecular complexity index is 747. The smallest absolute Gasteiger partial charge is 0.119 e. The van der Waals surface area contributed by atoms with E-state index in [-0.39, 0.29) is 6.17 Å².